The Morgan fingerprint density at radius 3 is 3.00 bits per heavy atom. The summed E-state index contributed by atoms with van der Waals surface area (Å²) in [5.74, 6) is 0.827. The summed E-state index contributed by atoms with van der Waals surface area (Å²) >= 11 is 0. The topological polar surface area (TPSA) is 48.1 Å². The van der Waals surface area contributed by atoms with Gasteiger partial charge in [-0.05, 0) is 24.6 Å². The van der Waals surface area contributed by atoms with E-state index >= 15 is 0 Å². The van der Waals surface area contributed by atoms with Gasteiger partial charge in [0.2, 0.25) is 0 Å². The Hall–Kier alpha value is -1.87. The molecule has 1 aromatic heterocycles. The smallest absolute Gasteiger partial charge is 0.145 e. The van der Waals surface area contributed by atoms with E-state index in [1.165, 1.54) is 0 Å². The molecule has 17 heavy (non-hydrogen) atoms. The summed E-state index contributed by atoms with van der Waals surface area (Å²) in [7, 11) is 0. The molecule has 0 bridgehead atoms. The van der Waals surface area contributed by atoms with E-state index in [4.69, 9.17) is 10.5 Å². The number of benzene rings is 1. The maximum atomic E-state index is 5.57. The summed E-state index contributed by atoms with van der Waals surface area (Å²) in [6.07, 6.45) is 5.73. The molecule has 0 aliphatic rings. The Balaban J connectivity index is 2.57. The predicted molar refractivity (Wildman–Crippen MR) is 71.0 cm³/mol. The third kappa shape index (κ3) is 2.45. The molecule has 1 heterocycles. The SMILES string of the molecule is CCOc1ccc(/C=C/CN)c2cccnc12. The lowest BCUT2D eigenvalue weighted by atomic mass is 10.1. The minimum absolute atomic E-state index is 0.537. The van der Waals surface area contributed by atoms with Crippen LogP contribution in [-0.2, 0) is 0 Å². The summed E-state index contributed by atoms with van der Waals surface area (Å²) in [4.78, 5) is 4.38. The summed E-state index contributed by atoms with van der Waals surface area (Å²) < 4.78 is 5.57. The highest BCUT2D eigenvalue weighted by molar-refractivity contribution is 5.91. The Morgan fingerprint density at radius 2 is 2.24 bits per heavy atom. The van der Waals surface area contributed by atoms with Gasteiger partial charge in [0, 0.05) is 18.1 Å². The van der Waals surface area contributed by atoms with Crippen molar-refractivity contribution in [3.63, 3.8) is 0 Å². The van der Waals surface area contributed by atoms with E-state index in [0.717, 1.165) is 22.2 Å². The van der Waals surface area contributed by atoms with Crippen molar-refractivity contribution >= 4 is 17.0 Å². The van der Waals surface area contributed by atoms with Gasteiger partial charge in [-0.3, -0.25) is 4.98 Å². The van der Waals surface area contributed by atoms with E-state index in [1.54, 1.807) is 6.20 Å². The van der Waals surface area contributed by atoms with Crippen LogP contribution in [0.4, 0.5) is 0 Å². The molecule has 0 saturated heterocycles. The second-order valence-electron chi connectivity index (χ2n) is 3.62. The zero-order valence-electron chi connectivity index (χ0n) is 9.89. The molecule has 0 radical (unpaired) electrons. The van der Waals surface area contributed by atoms with Crippen molar-refractivity contribution in [2.75, 3.05) is 13.2 Å². The van der Waals surface area contributed by atoms with Gasteiger partial charge in [0.15, 0.2) is 0 Å². The minimum Gasteiger partial charge on any atom is -0.492 e. The molecule has 88 valence electrons. The quantitative estimate of drug-likeness (QED) is 0.875. The zero-order chi connectivity index (χ0) is 12.1. The number of nitrogens with two attached hydrogens (primary N) is 1. The first-order chi connectivity index (χ1) is 8.36. The van der Waals surface area contributed by atoms with Gasteiger partial charge >= 0.3 is 0 Å². The maximum absolute atomic E-state index is 5.57. The molecule has 2 rings (SSSR count). The van der Waals surface area contributed by atoms with Crippen LogP contribution in [0.5, 0.6) is 5.75 Å². The van der Waals surface area contributed by atoms with Crippen LogP contribution in [0.2, 0.25) is 0 Å². The Kier molecular flexibility index (Phi) is 3.73. The molecule has 0 aliphatic carbocycles. The van der Waals surface area contributed by atoms with Gasteiger partial charge in [-0.2, -0.15) is 0 Å². The fourth-order valence-electron chi connectivity index (χ4n) is 1.78. The number of rotatable bonds is 4. The van der Waals surface area contributed by atoms with Crippen LogP contribution in [0.25, 0.3) is 17.0 Å². The van der Waals surface area contributed by atoms with Crippen LogP contribution in [0.15, 0.2) is 36.5 Å². The first kappa shape index (κ1) is 11.6. The summed E-state index contributed by atoms with van der Waals surface area (Å²) in [6.45, 7) is 3.15. The first-order valence-corrected chi connectivity index (χ1v) is 5.74. The average Bonchev–Trinajstić information content (AvgIpc) is 2.38. The van der Waals surface area contributed by atoms with Crippen molar-refractivity contribution in [2.24, 2.45) is 5.73 Å². The lowest BCUT2D eigenvalue weighted by molar-refractivity contribution is 0.343. The van der Waals surface area contributed by atoms with Gasteiger partial charge in [-0.15, -0.1) is 0 Å². The fraction of sp³-hybridized carbons (Fsp3) is 0.214. The molecule has 0 saturated carbocycles. The molecule has 3 heteroatoms. The van der Waals surface area contributed by atoms with Gasteiger partial charge in [0.05, 0.1) is 6.61 Å². The average molecular weight is 228 g/mol. The highest BCUT2D eigenvalue weighted by Crippen LogP contribution is 2.27. The normalized spacial score (nSPS) is 11.2. The van der Waals surface area contributed by atoms with Crippen molar-refractivity contribution in [1.29, 1.82) is 0 Å². The van der Waals surface area contributed by atoms with E-state index in [9.17, 15) is 0 Å². The minimum atomic E-state index is 0.537. The van der Waals surface area contributed by atoms with Crippen LogP contribution in [0.1, 0.15) is 12.5 Å². The first-order valence-electron chi connectivity index (χ1n) is 5.74. The molecule has 2 aromatic rings. The van der Waals surface area contributed by atoms with Crippen molar-refractivity contribution < 1.29 is 4.74 Å². The van der Waals surface area contributed by atoms with Crippen molar-refractivity contribution in [2.45, 2.75) is 6.92 Å². The lowest BCUT2D eigenvalue weighted by Gasteiger charge is -2.08. The lowest BCUT2D eigenvalue weighted by Crippen LogP contribution is -1.95. The van der Waals surface area contributed by atoms with Crippen molar-refractivity contribution in [3.05, 3.63) is 42.1 Å². The van der Waals surface area contributed by atoms with Crippen LogP contribution < -0.4 is 10.5 Å². The highest BCUT2D eigenvalue weighted by Gasteiger charge is 2.05. The third-order valence-electron chi connectivity index (χ3n) is 2.50. The maximum Gasteiger partial charge on any atom is 0.145 e. The Labute approximate surface area is 101 Å². The second-order valence-corrected chi connectivity index (χ2v) is 3.62. The van der Waals surface area contributed by atoms with E-state index in [0.29, 0.717) is 13.2 Å². The molecule has 0 aliphatic heterocycles. The summed E-state index contributed by atoms with van der Waals surface area (Å²) in [5, 5.41) is 1.09. The van der Waals surface area contributed by atoms with Crippen LogP contribution in [-0.4, -0.2) is 18.1 Å². The number of fused-ring (bicyclic) bond motifs is 1. The van der Waals surface area contributed by atoms with Gasteiger partial charge < -0.3 is 10.5 Å². The van der Waals surface area contributed by atoms with Crippen molar-refractivity contribution in [3.8, 4) is 5.75 Å². The summed E-state index contributed by atoms with van der Waals surface area (Å²) in [6, 6.07) is 7.95. The number of hydrogen-bond donors (Lipinski definition) is 1. The van der Waals surface area contributed by atoms with E-state index < -0.39 is 0 Å². The Bertz CT molecular complexity index is 535. The molecule has 0 fully saturated rings. The van der Waals surface area contributed by atoms with Gasteiger partial charge in [-0.1, -0.05) is 24.3 Å². The Morgan fingerprint density at radius 1 is 1.35 bits per heavy atom. The molecule has 0 spiro atoms. The number of ether oxygens (including phenoxy) is 1. The van der Waals surface area contributed by atoms with E-state index in [1.807, 2.05) is 43.3 Å². The summed E-state index contributed by atoms with van der Waals surface area (Å²) in [5.41, 5.74) is 7.48. The van der Waals surface area contributed by atoms with Crippen LogP contribution in [0, 0.1) is 0 Å². The second kappa shape index (κ2) is 5.46. The standard InChI is InChI=1S/C14H16N2O/c1-2-17-13-8-7-11(5-3-9-15)12-6-4-10-16-14(12)13/h3-8,10H,2,9,15H2,1H3/b5-3+. The zero-order valence-corrected chi connectivity index (χ0v) is 9.89. The van der Waals surface area contributed by atoms with Gasteiger partial charge in [0.25, 0.3) is 0 Å². The molecular formula is C14H16N2O. The number of pyridine rings is 1. The fourth-order valence-corrected chi connectivity index (χ4v) is 1.78. The number of hydrogen-bond acceptors (Lipinski definition) is 3. The molecule has 0 atom stereocenters. The molecule has 3 nitrogen and oxygen atoms in total. The van der Waals surface area contributed by atoms with Gasteiger partial charge in [0.1, 0.15) is 11.3 Å². The number of nitrogens with zero attached hydrogens (tertiary/aromatic N) is 1. The number of aromatic nitrogens is 1. The molecule has 1 aromatic carbocycles. The molecule has 2 N–H and O–H groups in total. The third-order valence-corrected chi connectivity index (χ3v) is 2.50. The predicted octanol–water partition coefficient (Wildman–Crippen LogP) is 2.61. The molecular weight excluding hydrogens is 212 g/mol. The van der Waals surface area contributed by atoms with Gasteiger partial charge in [-0.25, -0.2) is 0 Å². The molecule has 0 unspecified atom stereocenters. The largest absolute Gasteiger partial charge is 0.492 e. The van der Waals surface area contributed by atoms with E-state index in [-0.39, 0.29) is 0 Å². The van der Waals surface area contributed by atoms with E-state index in [2.05, 4.69) is 4.98 Å². The van der Waals surface area contributed by atoms with Crippen LogP contribution in [0.3, 0.4) is 0 Å². The van der Waals surface area contributed by atoms with Crippen molar-refractivity contribution in [1.82, 2.24) is 4.98 Å². The highest BCUT2D eigenvalue weighted by atomic mass is 16.5. The molecule has 0 amide bonds. The monoisotopic (exact) mass is 228 g/mol. The van der Waals surface area contributed by atoms with Crippen LogP contribution >= 0.6 is 0 Å².